The summed E-state index contributed by atoms with van der Waals surface area (Å²) in [5, 5.41) is 1.97. The van der Waals surface area contributed by atoms with E-state index in [1.54, 1.807) is 0 Å². The fourth-order valence-corrected chi connectivity index (χ4v) is 6.83. The van der Waals surface area contributed by atoms with Gasteiger partial charge in [-0.25, -0.2) is 0 Å². The van der Waals surface area contributed by atoms with E-state index in [0.29, 0.717) is 64.0 Å². The Morgan fingerprint density at radius 1 is 0.611 bits per heavy atom. The van der Waals surface area contributed by atoms with Crippen LogP contribution in [0.15, 0.2) is 24.3 Å². The molecule has 1 aromatic rings. The maximum atomic E-state index is 11.7. The topological polar surface area (TPSA) is 89.5 Å². The predicted octanol–water partition coefficient (Wildman–Crippen LogP) is 5.02. The van der Waals surface area contributed by atoms with Gasteiger partial charge in [0.15, 0.2) is 0 Å². The molecule has 0 saturated heterocycles. The molecule has 1 aromatic carbocycles. The molecule has 8 nitrogen and oxygen atoms in total. The normalized spacial score (nSPS) is 11.7. The summed E-state index contributed by atoms with van der Waals surface area (Å²) in [6.07, 6.45) is 1.01. The summed E-state index contributed by atoms with van der Waals surface area (Å²) < 4.78 is 32.7. The summed E-state index contributed by atoms with van der Waals surface area (Å²) in [7, 11) is 0. The summed E-state index contributed by atoms with van der Waals surface area (Å²) in [5.74, 6) is 14.8. The van der Waals surface area contributed by atoms with E-state index in [9.17, 15) is 9.59 Å². The van der Waals surface area contributed by atoms with Crippen molar-refractivity contribution in [3.05, 3.63) is 24.3 Å². The third-order valence-corrected chi connectivity index (χ3v) is 12.3. The third kappa shape index (κ3) is 19.9. The van der Waals surface area contributed by atoms with Crippen LogP contribution in [0.2, 0.25) is 45.0 Å². The van der Waals surface area contributed by atoms with Crippen LogP contribution in [0, 0.1) is 0 Å². The van der Waals surface area contributed by atoms with Gasteiger partial charge in [0.2, 0.25) is 0 Å². The van der Waals surface area contributed by atoms with E-state index < -0.39 is 26.5 Å². The number of carbonyl (C=O) groups is 2. The fourth-order valence-electron chi connectivity index (χ4n) is 2.82. The second-order valence-electron chi connectivity index (χ2n) is 11.0. The zero-order valence-corrected chi connectivity index (χ0v) is 27.3. The van der Waals surface area contributed by atoms with Crippen LogP contribution in [0.5, 0.6) is 11.5 Å². The van der Waals surface area contributed by atoms with Gasteiger partial charge in [0.25, 0.3) is 0 Å². The van der Waals surface area contributed by atoms with Crippen molar-refractivity contribution < 1.29 is 38.0 Å². The Balaban J connectivity index is 2.05. The molecule has 10 heteroatoms. The fraction of sp³-hybridized carbons (Fsp3) is 0.692. The molecular formula is C26H46Ge2O8. The molecule has 0 bridgehead atoms. The van der Waals surface area contributed by atoms with Gasteiger partial charge < -0.3 is 0 Å². The standard InChI is InChI=1S/C26H46Ge2O8/c1-27(2,3)12-10-25(29)35-20-16-31-14-18-33-23-8-7-9-24(22-23)34-19-15-32-17-21-36-26(30)11-13-28(4,5)6/h7-9,22H,10-21H2,1-6H3. The van der Waals surface area contributed by atoms with E-state index >= 15 is 0 Å². The Morgan fingerprint density at radius 2 is 1.00 bits per heavy atom. The molecule has 36 heavy (non-hydrogen) atoms. The molecule has 0 unspecified atom stereocenters. The summed E-state index contributed by atoms with van der Waals surface area (Å²) >= 11 is -3.39. The third-order valence-electron chi connectivity index (χ3n) is 4.94. The van der Waals surface area contributed by atoms with Gasteiger partial charge in [0, 0.05) is 0 Å². The van der Waals surface area contributed by atoms with Crippen molar-refractivity contribution in [2.45, 2.75) is 57.9 Å². The van der Waals surface area contributed by atoms with Gasteiger partial charge >= 0.3 is 217 Å². The number of hydrogen-bond donors (Lipinski definition) is 0. The van der Waals surface area contributed by atoms with Crippen LogP contribution < -0.4 is 9.47 Å². The van der Waals surface area contributed by atoms with Gasteiger partial charge in [0.1, 0.15) is 0 Å². The molecule has 0 heterocycles. The van der Waals surface area contributed by atoms with Gasteiger partial charge in [-0.1, -0.05) is 6.07 Å². The Bertz CT molecular complexity index is 700. The van der Waals surface area contributed by atoms with E-state index in [1.165, 1.54) is 0 Å². The summed E-state index contributed by atoms with van der Waals surface area (Å²) in [6.45, 7) is 2.81. The first-order valence-electron chi connectivity index (χ1n) is 12.8. The van der Waals surface area contributed by atoms with Crippen LogP contribution in [0.25, 0.3) is 0 Å². The molecule has 206 valence electrons. The van der Waals surface area contributed by atoms with Crippen LogP contribution >= 0.6 is 0 Å². The molecule has 0 fully saturated rings. The Morgan fingerprint density at radius 3 is 1.39 bits per heavy atom. The second kappa shape index (κ2) is 18.1. The molecule has 0 amide bonds. The second-order valence-corrected chi connectivity index (χ2v) is 34.5. The zero-order valence-electron chi connectivity index (χ0n) is 23.1. The number of ether oxygens (including phenoxy) is 6. The molecule has 0 atom stereocenters. The monoisotopic (exact) mass is 634 g/mol. The van der Waals surface area contributed by atoms with Gasteiger partial charge in [-0.2, -0.15) is 0 Å². The van der Waals surface area contributed by atoms with Crippen LogP contribution in [0.4, 0.5) is 0 Å². The minimum absolute atomic E-state index is 0.144. The molecule has 0 aliphatic carbocycles. The quantitative estimate of drug-likeness (QED) is 0.113. The van der Waals surface area contributed by atoms with Crippen molar-refractivity contribution in [1.29, 1.82) is 0 Å². The molecule has 0 saturated carbocycles. The first-order chi connectivity index (χ1) is 16.9. The summed E-state index contributed by atoms with van der Waals surface area (Å²) in [5.41, 5.74) is 0. The number of benzene rings is 1. The van der Waals surface area contributed by atoms with Crippen molar-refractivity contribution in [3.8, 4) is 11.5 Å². The maximum absolute atomic E-state index is 11.7. The van der Waals surface area contributed by atoms with Crippen molar-refractivity contribution >= 4 is 38.5 Å². The molecule has 0 aliphatic rings. The van der Waals surface area contributed by atoms with Crippen molar-refractivity contribution in [2.24, 2.45) is 0 Å². The number of hydrogen-bond acceptors (Lipinski definition) is 8. The van der Waals surface area contributed by atoms with E-state index in [1.807, 2.05) is 24.3 Å². The van der Waals surface area contributed by atoms with Crippen molar-refractivity contribution in [1.82, 2.24) is 0 Å². The van der Waals surface area contributed by atoms with Crippen LogP contribution in [0.1, 0.15) is 12.8 Å². The predicted molar refractivity (Wildman–Crippen MR) is 147 cm³/mol. The van der Waals surface area contributed by atoms with E-state index in [2.05, 4.69) is 34.5 Å². The van der Waals surface area contributed by atoms with Crippen molar-refractivity contribution in [2.75, 3.05) is 52.9 Å². The molecule has 0 radical (unpaired) electrons. The first kappa shape index (κ1) is 32.8. The first-order valence-corrected chi connectivity index (χ1v) is 28.3. The Kier molecular flexibility index (Phi) is 16.5. The minimum atomic E-state index is -1.69. The van der Waals surface area contributed by atoms with E-state index in [0.717, 1.165) is 10.5 Å². The molecule has 0 aliphatic heterocycles. The average Bonchev–Trinajstić information content (AvgIpc) is 2.79. The van der Waals surface area contributed by atoms with Crippen LogP contribution in [0.3, 0.4) is 0 Å². The van der Waals surface area contributed by atoms with E-state index in [-0.39, 0.29) is 25.2 Å². The summed E-state index contributed by atoms with van der Waals surface area (Å²) in [6, 6.07) is 7.36. The number of esters is 2. The zero-order chi connectivity index (χ0) is 26.9. The Labute approximate surface area is 222 Å². The van der Waals surface area contributed by atoms with Crippen molar-refractivity contribution in [3.63, 3.8) is 0 Å². The van der Waals surface area contributed by atoms with Gasteiger partial charge in [-0.15, -0.1) is 0 Å². The number of carbonyl (C=O) groups excluding carboxylic acids is 2. The van der Waals surface area contributed by atoms with E-state index in [4.69, 9.17) is 28.4 Å². The van der Waals surface area contributed by atoms with Crippen LogP contribution in [-0.2, 0) is 28.5 Å². The summed E-state index contributed by atoms with van der Waals surface area (Å²) in [4.78, 5) is 23.4. The molecular weight excluding hydrogens is 585 g/mol. The van der Waals surface area contributed by atoms with Gasteiger partial charge in [0.05, 0.1) is 0 Å². The average molecular weight is 632 g/mol. The molecule has 0 spiro atoms. The van der Waals surface area contributed by atoms with Gasteiger partial charge in [-0.3, -0.25) is 0 Å². The molecule has 0 N–H and O–H groups in total. The SMILES string of the molecule is [CH3][Ge]([CH3])([CH3])[CH2]CC(=O)OCCOCCOc1cccc(OCCOCCOC(=O)C[CH2][Ge]([CH3])([CH3])[CH3])c1. The van der Waals surface area contributed by atoms with Gasteiger partial charge in [-0.05, 0) is 0 Å². The molecule has 1 rings (SSSR count). The number of rotatable bonds is 20. The Hall–Kier alpha value is -1.23. The molecule has 0 aromatic heterocycles. The van der Waals surface area contributed by atoms with Crippen LogP contribution in [-0.4, -0.2) is 91.3 Å².